The summed E-state index contributed by atoms with van der Waals surface area (Å²) in [6.45, 7) is -13.7. The lowest BCUT2D eigenvalue weighted by Crippen LogP contribution is -2.37. The molecule has 54 heavy (non-hydrogen) atoms. The second-order valence-corrected chi connectivity index (χ2v) is 10.7. The molecule has 0 aliphatic rings. The number of likely N-dealkylation sites (N-methyl/N-ethyl adjacent to an activating group) is 1. The Morgan fingerprint density at radius 1 is 0.648 bits per heavy atom. The Hall–Kier alpha value is -1.51. The Morgan fingerprint density at radius 3 is 1.59 bits per heavy atom. The average Bonchev–Trinajstić information content (AvgIpc) is 0.699. The van der Waals surface area contributed by atoms with E-state index in [1.807, 2.05) is 0 Å². The first-order valence-corrected chi connectivity index (χ1v) is 15.7. The highest BCUT2D eigenvalue weighted by Crippen LogP contribution is 2.38. The summed E-state index contributed by atoms with van der Waals surface area (Å²) in [5.74, 6) is -6.07. The van der Waals surface area contributed by atoms with E-state index in [1.54, 1.807) is 0 Å². The van der Waals surface area contributed by atoms with E-state index in [0.29, 0.717) is 0 Å². The molecule has 2 atom stereocenters. The zero-order chi connectivity index (χ0) is 97.0. The van der Waals surface area contributed by atoms with Gasteiger partial charge in [0, 0.05) is 97.7 Å². The third kappa shape index (κ3) is 40.2. The lowest BCUT2D eigenvalue weighted by atomic mass is 10.1. The van der Waals surface area contributed by atoms with Crippen molar-refractivity contribution in [1.29, 1.82) is 0 Å². The minimum absolute atomic E-state index is 0.0813. The summed E-state index contributed by atoms with van der Waals surface area (Å²) in [5, 5.41) is 0. The van der Waals surface area contributed by atoms with Gasteiger partial charge < -0.3 is 27.9 Å². The first-order valence-electron chi connectivity index (χ1n) is 46.3. The van der Waals surface area contributed by atoms with Crippen molar-refractivity contribution in [2.45, 2.75) is 198 Å². The summed E-state index contributed by atoms with van der Waals surface area (Å²) in [7, 11) is -1.53. The molecule has 0 amide bonds. The molecule has 9 nitrogen and oxygen atoms in total. The summed E-state index contributed by atoms with van der Waals surface area (Å²) in [5.41, 5.74) is 0. The van der Waals surface area contributed by atoms with Crippen molar-refractivity contribution in [3.63, 3.8) is 0 Å². The number of rotatable bonds is 40. The van der Waals surface area contributed by atoms with E-state index in [1.165, 1.54) is 21.1 Å². The van der Waals surface area contributed by atoms with Crippen molar-refractivity contribution in [3.05, 3.63) is 24.3 Å². The fourth-order valence-corrected chi connectivity index (χ4v) is 2.89. The second kappa shape index (κ2) is 37.1. The summed E-state index contributed by atoms with van der Waals surface area (Å²) in [6, 6.07) is -5.02. The van der Waals surface area contributed by atoms with E-state index < -0.39 is 262 Å². The van der Waals surface area contributed by atoms with Gasteiger partial charge in [-0.25, -0.2) is 0 Å². The zero-order valence-corrected chi connectivity index (χ0v) is 29.6. The molecule has 0 aromatic heterocycles. The van der Waals surface area contributed by atoms with Crippen LogP contribution < -0.4 is 4.89 Å². The normalized spacial score (nSPS) is 39.6. The van der Waals surface area contributed by atoms with Crippen LogP contribution in [0.15, 0.2) is 24.3 Å². The first-order chi connectivity index (χ1) is 50.1. The monoisotopic (exact) mass is 850 g/mol. The number of hydrogen-bond donors (Lipinski definition) is 0. The predicted octanol–water partition coefficient (Wildman–Crippen LogP) is 11.7. The lowest BCUT2D eigenvalue weighted by molar-refractivity contribution is -0.870. The highest BCUT2D eigenvalue weighted by molar-refractivity contribution is 7.45. The Bertz CT molecular complexity index is 3700. The summed E-state index contributed by atoms with van der Waals surface area (Å²) < 4.78 is 557. The number of ether oxygens (including phenoxy) is 2. The third-order valence-corrected chi connectivity index (χ3v) is 5.22. The van der Waals surface area contributed by atoms with Gasteiger partial charge in [0.2, 0.25) is 0 Å². The number of phosphoric ester groups is 1. The van der Waals surface area contributed by atoms with Gasteiger partial charge >= 0.3 is 11.9 Å². The van der Waals surface area contributed by atoms with Crippen LogP contribution in [0.5, 0.6) is 0 Å². The highest BCUT2D eigenvalue weighted by atomic mass is 31.2. The largest absolute Gasteiger partial charge is 0.756 e. The predicted molar refractivity (Wildman–Crippen MR) is 222 cm³/mol. The molecule has 0 aliphatic heterocycles. The third-order valence-electron chi connectivity index (χ3n) is 4.26. The molecule has 0 rings (SSSR count). The molecular formula is C44H84NO8P. The standard InChI is InChI=1S/C44H84NO8P/c1-6-8-10-12-14-16-18-20-22-24-26-28-30-32-34-36-43(46)50-40-42(41-52-54(48,49)51-39-38-45(3,4)5)53-44(47)37-35-33-31-29-27-25-23-21-19-17-15-13-11-9-7-2/h20-23,42H,6-19,24-41H2,1-5H3/b22-20-,23-21-/t42-/m1/s1/i1D3,2D3,6D2,7D2,8D2,9D2,10D2,11D2,12D2,13D2,14D2,15D2,16D2,17D2,18D2,19D2,20D,21D,24D2,25D2,26D2,27D2,28D2,29D2,30D2,31D2,32D2,33D2,34D2,35D2,36D2,37D2. The highest BCUT2D eigenvalue weighted by Gasteiger charge is 2.21. The average molecular weight is 851 g/mol. The van der Waals surface area contributed by atoms with Gasteiger partial charge in [-0.15, -0.1) is 0 Å². The van der Waals surface area contributed by atoms with Crippen LogP contribution >= 0.6 is 7.82 Å². The van der Waals surface area contributed by atoms with Crippen LogP contribution in [0.25, 0.3) is 0 Å². The van der Waals surface area contributed by atoms with Crippen LogP contribution in [-0.2, 0) is 32.7 Å². The topological polar surface area (TPSA) is 111 Å². The van der Waals surface area contributed by atoms with Crippen molar-refractivity contribution in [2.75, 3.05) is 47.5 Å². The van der Waals surface area contributed by atoms with Crippen LogP contribution in [0.2, 0.25) is 0 Å². The molecule has 10 heteroatoms. The van der Waals surface area contributed by atoms with E-state index in [-0.39, 0.29) is 11.0 Å². The molecule has 0 N–H and O–H groups in total. The van der Waals surface area contributed by atoms with Gasteiger partial charge in [-0.05, 0) is 63.7 Å². The zero-order valence-electron chi connectivity index (χ0n) is 92.7. The number of carbonyl (C=O) groups excluding carboxylic acids is 2. The number of phosphoric acid groups is 1. The molecule has 1 unspecified atom stereocenters. The van der Waals surface area contributed by atoms with Crippen molar-refractivity contribution in [2.24, 2.45) is 0 Å². The van der Waals surface area contributed by atoms with Crippen LogP contribution in [-0.4, -0.2) is 70.0 Å². The molecule has 318 valence electrons. The summed E-state index contributed by atoms with van der Waals surface area (Å²) >= 11 is 0. The van der Waals surface area contributed by atoms with Crippen molar-refractivity contribution < 1.29 is 130 Å². The molecule has 0 aromatic rings. The van der Waals surface area contributed by atoms with Crippen LogP contribution in [0.4, 0.5) is 0 Å². The van der Waals surface area contributed by atoms with E-state index in [4.69, 9.17) is 87.7 Å². The van der Waals surface area contributed by atoms with E-state index >= 15 is 0 Å². The summed E-state index contributed by atoms with van der Waals surface area (Å²) in [6.07, 6.45) is -145. The smallest absolute Gasteiger partial charge is 0.306 e. The first kappa shape index (κ1) is 10.4. The molecule has 0 aliphatic carbocycles. The molecule has 0 spiro atoms. The number of hydrogen-bond acceptors (Lipinski definition) is 8. The number of carbonyl (C=O) groups is 2. The molecule has 0 saturated heterocycles. The maximum absolute atomic E-state index is 14.0. The molecule has 0 heterocycles. The molecule has 0 saturated carbocycles. The van der Waals surface area contributed by atoms with Gasteiger partial charge in [0.1, 0.15) is 19.8 Å². The minimum Gasteiger partial charge on any atom is -0.756 e. The Kier molecular flexibility index (Phi) is 7.17. The lowest BCUT2D eigenvalue weighted by Gasteiger charge is -2.28. The van der Waals surface area contributed by atoms with Gasteiger partial charge in [-0.2, -0.15) is 0 Å². The van der Waals surface area contributed by atoms with Crippen molar-refractivity contribution in [3.8, 4) is 0 Å². The summed E-state index contributed by atoms with van der Waals surface area (Å²) in [4.78, 5) is 40.7. The van der Waals surface area contributed by atoms with Gasteiger partial charge in [0.05, 0.1) is 30.5 Å². The van der Waals surface area contributed by atoms with E-state index in [9.17, 15) is 19.0 Å². The fourth-order valence-electron chi connectivity index (χ4n) is 2.17. The number of esters is 2. The van der Waals surface area contributed by atoms with Crippen molar-refractivity contribution >= 4 is 19.8 Å². The van der Waals surface area contributed by atoms with E-state index in [2.05, 4.69) is 18.5 Å². The molecule has 0 radical (unpaired) electrons. The molecule has 0 bridgehead atoms. The number of quaternary nitrogens is 1. The maximum Gasteiger partial charge on any atom is 0.306 e. The Labute approximate surface area is 422 Å². The van der Waals surface area contributed by atoms with E-state index in [0.717, 1.165) is 0 Å². The molecular weight excluding hydrogens is 701 g/mol. The van der Waals surface area contributed by atoms with Gasteiger partial charge in [-0.1, -0.05) is 140 Å². The fraction of sp³-hybridized carbons (Fsp3) is 0.864. The number of nitrogens with zero attached hydrogens (tertiary/aromatic N) is 1. The quantitative estimate of drug-likeness (QED) is 0.0259. The van der Waals surface area contributed by atoms with Crippen LogP contribution in [0, 0.1) is 0 Å². The Morgan fingerprint density at radius 2 is 1.09 bits per heavy atom. The molecule has 0 aromatic carbocycles. The number of allylic oxidation sites excluding steroid dienone is 4. The minimum atomic E-state index is -5.92. The Balaban J connectivity index is 8.16. The van der Waals surface area contributed by atoms with Gasteiger partial charge in [0.15, 0.2) is 6.10 Å². The van der Waals surface area contributed by atoms with Crippen molar-refractivity contribution in [1.82, 2.24) is 0 Å². The van der Waals surface area contributed by atoms with Crippen LogP contribution in [0.3, 0.4) is 0 Å². The van der Waals surface area contributed by atoms with Gasteiger partial charge in [0.25, 0.3) is 7.82 Å². The molecule has 0 fully saturated rings. The van der Waals surface area contributed by atoms with Crippen LogP contribution in [0.1, 0.15) is 280 Å². The second-order valence-electron chi connectivity index (χ2n) is 9.33. The SMILES string of the molecule is [2H]/C(=C/C([2H])([2H])C([2H])([2H])C([2H])([2H])C([2H])([2H])C([2H])([2H])C([2H])([2H])C([2H])([2H])C(=O)OC[C@H](COP(=O)([O-])OCC[N+](C)(C)C)OC(=O)C([2H])([2H])C([2H])([2H])C([2H])([2H])C([2H])([2H])C([2H])([2H])C([2H])([2H])C([2H])([2H])/C=C(/[2H])C([2H])([2H])C([2H])([2H])C([2H])([2H])C([2H])([2H])C([2H])([2H])C([2H])([2H])C([2H])([2H])C([2H])([2H])[2H])C([2H])([2H])C([2H])([2H])C([2H])([2H])C([2H])([2H])C([2H])([2H])C([2H])([2H])C([2H])([2H])C([2H])([2H])[2H]. The maximum atomic E-state index is 14.0. The van der Waals surface area contributed by atoms with Gasteiger partial charge in [-0.3, -0.25) is 14.2 Å².